The summed E-state index contributed by atoms with van der Waals surface area (Å²) < 4.78 is 21.5. The molecule has 0 N–H and O–H groups in total. The summed E-state index contributed by atoms with van der Waals surface area (Å²) in [6.07, 6.45) is 2.26. The van der Waals surface area contributed by atoms with Crippen molar-refractivity contribution < 1.29 is 18.7 Å². The van der Waals surface area contributed by atoms with Crippen molar-refractivity contribution in [2.75, 3.05) is 27.9 Å². The van der Waals surface area contributed by atoms with Crippen molar-refractivity contribution in [3.63, 3.8) is 0 Å². The number of hydrogen-bond donors (Lipinski definition) is 0. The van der Waals surface area contributed by atoms with Crippen LogP contribution in [-0.4, -0.2) is 42.9 Å². The Morgan fingerprint density at radius 2 is 1.79 bits per heavy atom. The minimum atomic E-state index is 0.345. The summed E-state index contributed by atoms with van der Waals surface area (Å²) in [7, 11) is 4.90. The van der Waals surface area contributed by atoms with Crippen molar-refractivity contribution in [1.82, 2.24) is 15.0 Å². The summed E-state index contributed by atoms with van der Waals surface area (Å²) >= 11 is 0. The van der Waals surface area contributed by atoms with E-state index < -0.39 is 0 Å². The lowest BCUT2D eigenvalue weighted by Crippen LogP contribution is -2.22. The molecule has 1 atom stereocenters. The van der Waals surface area contributed by atoms with Crippen LogP contribution in [0.5, 0.6) is 17.2 Å². The number of likely N-dealkylation sites (tertiary alicyclic amines) is 1. The molecule has 1 saturated heterocycles. The van der Waals surface area contributed by atoms with E-state index in [2.05, 4.69) is 27.2 Å². The molecule has 1 aliphatic rings. The Morgan fingerprint density at radius 1 is 1.00 bits per heavy atom. The Hall–Kier alpha value is -3.06. The van der Waals surface area contributed by atoms with E-state index in [-0.39, 0.29) is 0 Å². The zero-order chi connectivity index (χ0) is 20.2. The number of benzene rings is 2. The Balaban J connectivity index is 1.49. The highest BCUT2D eigenvalue weighted by Gasteiger charge is 2.27. The maximum Gasteiger partial charge on any atom is 0.241 e. The van der Waals surface area contributed by atoms with E-state index in [1.54, 1.807) is 21.3 Å². The zero-order valence-electron chi connectivity index (χ0n) is 16.9. The predicted molar refractivity (Wildman–Crippen MR) is 108 cm³/mol. The van der Waals surface area contributed by atoms with E-state index in [9.17, 15) is 0 Å². The molecule has 29 heavy (non-hydrogen) atoms. The maximum atomic E-state index is 5.54. The monoisotopic (exact) mass is 395 g/mol. The highest BCUT2D eigenvalue weighted by Crippen LogP contribution is 2.34. The van der Waals surface area contributed by atoms with Gasteiger partial charge in [-0.25, -0.2) is 0 Å². The van der Waals surface area contributed by atoms with Gasteiger partial charge in [0.25, 0.3) is 0 Å². The van der Waals surface area contributed by atoms with Gasteiger partial charge in [-0.15, -0.1) is 0 Å². The largest absolute Gasteiger partial charge is 0.497 e. The summed E-state index contributed by atoms with van der Waals surface area (Å²) in [5.41, 5.74) is 2.11. The van der Waals surface area contributed by atoms with Gasteiger partial charge in [-0.3, -0.25) is 4.90 Å². The zero-order valence-corrected chi connectivity index (χ0v) is 16.9. The highest BCUT2D eigenvalue weighted by molar-refractivity contribution is 5.60. The second-order valence-electron chi connectivity index (χ2n) is 6.98. The van der Waals surface area contributed by atoms with Crippen molar-refractivity contribution in [3.05, 3.63) is 53.9 Å². The number of methoxy groups -OCH3 is 3. The number of nitrogens with zero attached hydrogens (tertiary/aromatic N) is 3. The highest BCUT2D eigenvalue weighted by atomic mass is 16.5. The second kappa shape index (κ2) is 8.53. The van der Waals surface area contributed by atoms with Gasteiger partial charge in [0, 0.05) is 11.6 Å². The van der Waals surface area contributed by atoms with Crippen molar-refractivity contribution in [3.8, 4) is 28.6 Å². The second-order valence-corrected chi connectivity index (χ2v) is 6.98. The first-order valence-corrected chi connectivity index (χ1v) is 9.65. The Bertz CT molecular complexity index is 955. The van der Waals surface area contributed by atoms with Crippen molar-refractivity contribution in [2.24, 2.45) is 0 Å². The summed E-state index contributed by atoms with van der Waals surface area (Å²) in [6, 6.07) is 14.2. The van der Waals surface area contributed by atoms with E-state index in [0.29, 0.717) is 35.8 Å². The minimum absolute atomic E-state index is 0.345. The Kier molecular flexibility index (Phi) is 5.67. The van der Waals surface area contributed by atoms with Gasteiger partial charge in [-0.05, 0) is 55.3 Å². The molecule has 1 aliphatic heterocycles. The summed E-state index contributed by atoms with van der Waals surface area (Å²) in [5.74, 6) is 3.32. The third kappa shape index (κ3) is 4.05. The number of hydrogen-bond acceptors (Lipinski definition) is 7. The molecule has 7 nitrogen and oxygen atoms in total. The number of aromatic nitrogens is 2. The van der Waals surface area contributed by atoms with E-state index in [1.165, 1.54) is 5.56 Å². The third-order valence-corrected chi connectivity index (χ3v) is 5.31. The number of rotatable bonds is 7. The van der Waals surface area contributed by atoms with Crippen LogP contribution < -0.4 is 14.2 Å². The fourth-order valence-corrected chi connectivity index (χ4v) is 3.80. The molecule has 0 aliphatic carbocycles. The van der Waals surface area contributed by atoms with Crippen LogP contribution in [-0.2, 0) is 6.54 Å². The molecule has 2 heterocycles. The van der Waals surface area contributed by atoms with Crippen molar-refractivity contribution in [1.29, 1.82) is 0 Å². The van der Waals surface area contributed by atoms with Gasteiger partial charge < -0.3 is 18.7 Å². The lowest BCUT2D eigenvalue weighted by molar-refractivity contribution is 0.212. The molecule has 0 unspecified atom stereocenters. The maximum absolute atomic E-state index is 5.54. The quantitative estimate of drug-likeness (QED) is 0.596. The Labute approximate surface area is 170 Å². The lowest BCUT2D eigenvalue weighted by atomic mass is 10.0. The minimum Gasteiger partial charge on any atom is -0.497 e. The first-order chi connectivity index (χ1) is 14.2. The van der Waals surface area contributed by atoms with E-state index in [1.807, 2.05) is 30.3 Å². The molecule has 7 heteroatoms. The van der Waals surface area contributed by atoms with E-state index in [0.717, 1.165) is 30.7 Å². The predicted octanol–water partition coefficient (Wildman–Crippen LogP) is 4.10. The third-order valence-electron chi connectivity index (χ3n) is 5.31. The van der Waals surface area contributed by atoms with Gasteiger partial charge in [0.1, 0.15) is 5.75 Å². The average molecular weight is 395 g/mol. The molecule has 152 valence electrons. The lowest BCUT2D eigenvalue weighted by Gasteiger charge is -2.23. The Morgan fingerprint density at radius 3 is 2.52 bits per heavy atom. The van der Waals surface area contributed by atoms with Crippen molar-refractivity contribution in [2.45, 2.75) is 25.4 Å². The van der Waals surface area contributed by atoms with Gasteiger partial charge in [-0.2, -0.15) is 4.98 Å². The van der Waals surface area contributed by atoms with Crippen LogP contribution >= 0.6 is 0 Å². The van der Waals surface area contributed by atoms with Crippen LogP contribution in [0.4, 0.5) is 0 Å². The molecule has 2 aromatic carbocycles. The van der Waals surface area contributed by atoms with E-state index >= 15 is 0 Å². The molecule has 0 amide bonds. The SMILES string of the molecule is COc1ccc([C@H]2CCCN2Cc2nc(-c3ccc(OC)c(OC)c3)no2)cc1. The van der Waals surface area contributed by atoms with Crippen LogP contribution in [0, 0.1) is 0 Å². The summed E-state index contributed by atoms with van der Waals surface area (Å²) in [5, 5.41) is 4.15. The number of ether oxygens (including phenoxy) is 3. The van der Waals surface area contributed by atoms with E-state index in [4.69, 9.17) is 18.7 Å². The van der Waals surface area contributed by atoms with Gasteiger partial charge in [0.2, 0.25) is 11.7 Å². The molecule has 0 bridgehead atoms. The standard InChI is InChI=1S/C22H25N3O4/c1-26-17-9-6-15(7-10-17)18-5-4-12-25(18)14-21-23-22(24-29-21)16-8-11-19(27-2)20(13-16)28-3/h6-11,13,18H,4-5,12,14H2,1-3H3/t18-/m1/s1. The van der Waals surface area contributed by atoms with Gasteiger partial charge >= 0.3 is 0 Å². The summed E-state index contributed by atoms with van der Waals surface area (Å²) in [6.45, 7) is 1.63. The normalized spacial score (nSPS) is 16.7. The van der Waals surface area contributed by atoms with Gasteiger partial charge in [0.05, 0.1) is 27.9 Å². The van der Waals surface area contributed by atoms with Crippen molar-refractivity contribution >= 4 is 0 Å². The van der Waals surface area contributed by atoms with Gasteiger partial charge in [-0.1, -0.05) is 17.3 Å². The van der Waals surface area contributed by atoms with Crippen LogP contribution in [0.2, 0.25) is 0 Å². The molecule has 3 aromatic rings. The average Bonchev–Trinajstić information content (AvgIpc) is 3.43. The first kappa shape index (κ1) is 19.3. The fraction of sp³-hybridized carbons (Fsp3) is 0.364. The molecule has 0 radical (unpaired) electrons. The molecule has 0 spiro atoms. The molecule has 1 fully saturated rings. The van der Waals surface area contributed by atoms with Crippen LogP contribution in [0.1, 0.15) is 30.3 Å². The van der Waals surface area contributed by atoms with Crippen LogP contribution in [0.3, 0.4) is 0 Å². The molecule has 4 rings (SSSR count). The first-order valence-electron chi connectivity index (χ1n) is 9.65. The van der Waals surface area contributed by atoms with Gasteiger partial charge in [0.15, 0.2) is 11.5 Å². The molecule has 1 aromatic heterocycles. The molecular weight excluding hydrogens is 370 g/mol. The topological polar surface area (TPSA) is 69.9 Å². The molecule has 0 saturated carbocycles. The van der Waals surface area contributed by atoms with Crippen LogP contribution in [0.15, 0.2) is 47.0 Å². The van der Waals surface area contributed by atoms with Crippen LogP contribution in [0.25, 0.3) is 11.4 Å². The smallest absolute Gasteiger partial charge is 0.241 e. The molecular formula is C22H25N3O4. The fourth-order valence-electron chi connectivity index (χ4n) is 3.80. The summed E-state index contributed by atoms with van der Waals surface area (Å²) in [4.78, 5) is 6.98.